The quantitative estimate of drug-likeness (QED) is 0.533. The molecule has 2 saturated heterocycles. The summed E-state index contributed by atoms with van der Waals surface area (Å²) in [6.07, 6.45) is -0.424. The largest absolute Gasteiger partial charge is 0.493 e. The Balaban J connectivity index is 1.37. The normalized spacial score (nSPS) is 23.5. The van der Waals surface area contributed by atoms with Crippen LogP contribution in [0.5, 0.6) is 5.75 Å². The van der Waals surface area contributed by atoms with Gasteiger partial charge in [0, 0.05) is 38.1 Å². The topological polar surface area (TPSA) is 44.8 Å². The molecule has 2 heterocycles. The van der Waals surface area contributed by atoms with E-state index in [9.17, 15) is 18.0 Å². The molecule has 8 heteroatoms. The second kappa shape index (κ2) is 12.1. The van der Waals surface area contributed by atoms with Crippen LogP contribution in [0.3, 0.4) is 0 Å². The molecule has 0 unspecified atom stereocenters. The predicted molar refractivity (Wildman–Crippen MR) is 134 cm³/mol. The van der Waals surface area contributed by atoms with Gasteiger partial charge in [0.2, 0.25) is 5.91 Å². The summed E-state index contributed by atoms with van der Waals surface area (Å²) in [5.41, 5.74) is 0.444. The van der Waals surface area contributed by atoms with Crippen LogP contribution in [-0.2, 0) is 17.5 Å². The number of nitrogens with one attached hydrogen (secondary N) is 1. The Labute approximate surface area is 211 Å². The second-order valence-electron chi connectivity index (χ2n) is 10.2. The van der Waals surface area contributed by atoms with Crippen molar-refractivity contribution >= 4 is 5.91 Å². The van der Waals surface area contributed by atoms with Crippen molar-refractivity contribution in [2.75, 3.05) is 39.8 Å². The van der Waals surface area contributed by atoms with Crippen molar-refractivity contribution in [1.29, 1.82) is 0 Å². The third-order valence-corrected chi connectivity index (χ3v) is 7.33. The maximum absolute atomic E-state index is 13.1. The number of amides is 1. The summed E-state index contributed by atoms with van der Waals surface area (Å²) in [4.78, 5) is 17.7. The molecule has 4 rings (SSSR count). The molecule has 5 nitrogen and oxygen atoms in total. The predicted octanol–water partition coefficient (Wildman–Crippen LogP) is 4.82. The van der Waals surface area contributed by atoms with E-state index in [2.05, 4.69) is 34.3 Å². The highest BCUT2D eigenvalue weighted by Gasteiger charge is 2.33. The molecule has 2 aromatic rings. The Hall–Kier alpha value is -2.58. The van der Waals surface area contributed by atoms with Crippen LogP contribution in [0, 0.1) is 11.8 Å². The van der Waals surface area contributed by atoms with Crippen molar-refractivity contribution in [2.24, 2.45) is 11.8 Å². The van der Waals surface area contributed by atoms with Crippen molar-refractivity contribution in [3.05, 3.63) is 65.7 Å². The van der Waals surface area contributed by atoms with E-state index >= 15 is 0 Å². The molecule has 2 aliphatic heterocycles. The van der Waals surface area contributed by atoms with Crippen molar-refractivity contribution in [3.8, 4) is 5.75 Å². The third kappa shape index (κ3) is 7.46. The van der Waals surface area contributed by atoms with Gasteiger partial charge in [0.05, 0.1) is 18.1 Å². The number of carbonyl (C=O) groups excluding carboxylic acids is 1. The number of hydrogen-bond donors (Lipinski definition) is 1. The Morgan fingerprint density at radius 2 is 1.92 bits per heavy atom. The van der Waals surface area contributed by atoms with Crippen molar-refractivity contribution < 1.29 is 22.7 Å². The number of carbonyl (C=O) groups is 1. The van der Waals surface area contributed by atoms with E-state index in [0.29, 0.717) is 25.6 Å². The van der Waals surface area contributed by atoms with Gasteiger partial charge in [0.1, 0.15) is 5.75 Å². The average Bonchev–Trinajstić information content (AvgIpc) is 3.27. The Morgan fingerprint density at radius 3 is 2.64 bits per heavy atom. The molecule has 0 bridgehead atoms. The van der Waals surface area contributed by atoms with Gasteiger partial charge in [0.25, 0.3) is 0 Å². The van der Waals surface area contributed by atoms with Crippen LogP contribution in [0.2, 0.25) is 0 Å². The second-order valence-corrected chi connectivity index (χ2v) is 10.2. The highest BCUT2D eigenvalue weighted by molar-refractivity contribution is 5.79. The monoisotopic (exact) mass is 503 g/mol. The van der Waals surface area contributed by atoms with Gasteiger partial charge in [-0.2, -0.15) is 13.2 Å². The van der Waals surface area contributed by atoms with Crippen molar-refractivity contribution in [1.82, 2.24) is 15.1 Å². The molecular weight excluding hydrogens is 467 g/mol. The summed E-state index contributed by atoms with van der Waals surface area (Å²) in [5.74, 6) is 0.108. The van der Waals surface area contributed by atoms with Crippen LogP contribution in [0.1, 0.15) is 36.8 Å². The number of piperidine rings is 1. The number of benzene rings is 2. The highest BCUT2D eigenvalue weighted by Crippen LogP contribution is 2.32. The third-order valence-electron chi connectivity index (χ3n) is 7.33. The first-order valence-corrected chi connectivity index (χ1v) is 12.8. The molecule has 1 amide bonds. The van der Waals surface area contributed by atoms with Crippen molar-refractivity contribution in [3.63, 3.8) is 0 Å². The lowest BCUT2D eigenvalue weighted by atomic mass is 9.88. The van der Waals surface area contributed by atoms with Gasteiger partial charge < -0.3 is 15.0 Å². The summed E-state index contributed by atoms with van der Waals surface area (Å²) >= 11 is 0. The molecule has 2 aliphatic rings. The standard InChI is InChI=1S/C28H36F3N3O2/c1-33-14-6-10-25(33)12-13-32-27(35)23-15-22(18-34(19-23)17-21-7-3-2-4-8-21)20-36-26-11-5-9-24(16-26)28(29,30)31/h2-5,7-9,11,16,22-23,25H,6,10,12-15,17-20H2,1H3,(H,32,35)/t22-,23+,25+/m0/s1. The molecule has 3 atom stereocenters. The lowest BCUT2D eigenvalue weighted by molar-refractivity contribution is -0.137. The van der Waals surface area contributed by atoms with Gasteiger partial charge in [-0.05, 0) is 63.0 Å². The zero-order valence-corrected chi connectivity index (χ0v) is 20.8. The zero-order valence-electron chi connectivity index (χ0n) is 20.8. The SMILES string of the molecule is CN1CCC[C@@H]1CCNC(=O)[C@@H]1C[C@H](COc2cccc(C(F)(F)F)c2)CN(Cc2ccccc2)C1. The molecule has 196 valence electrons. The van der Waals surface area contributed by atoms with E-state index in [1.807, 2.05) is 18.2 Å². The molecule has 0 radical (unpaired) electrons. The fraction of sp³-hybridized carbons (Fsp3) is 0.536. The molecule has 2 aromatic carbocycles. The number of likely N-dealkylation sites (tertiary alicyclic amines) is 2. The summed E-state index contributed by atoms with van der Waals surface area (Å²) < 4.78 is 45.0. The number of nitrogens with zero attached hydrogens (tertiary/aromatic N) is 2. The van der Waals surface area contributed by atoms with Gasteiger partial charge in [-0.15, -0.1) is 0 Å². The zero-order chi connectivity index (χ0) is 25.5. The number of rotatable bonds is 9. The van der Waals surface area contributed by atoms with Crippen LogP contribution in [0.4, 0.5) is 13.2 Å². The molecule has 0 aromatic heterocycles. The van der Waals surface area contributed by atoms with Gasteiger partial charge in [0.15, 0.2) is 0 Å². The summed E-state index contributed by atoms with van der Waals surface area (Å²) in [6.45, 7) is 4.15. The van der Waals surface area contributed by atoms with E-state index in [4.69, 9.17) is 4.74 Å². The lowest BCUT2D eigenvalue weighted by Crippen LogP contribution is -2.47. The summed E-state index contributed by atoms with van der Waals surface area (Å²) in [6, 6.07) is 15.6. The van der Waals surface area contributed by atoms with Gasteiger partial charge in [-0.1, -0.05) is 36.4 Å². The minimum absolute atomic E-state index is 0.0359. The van der Waals surface area contributed by atoms with Gasteiger partial charge >= 0.3 is 6.18 Å². The Kier molecular flexibility index (Phi) is 8.90. The van der Waals surface area contributed by atoms with Crippen LogP contribution in [0.15, 0.2) is 54.6 Å². The van der Waals surface area contributed by atoms with Crippen molar-refractivity contribution in [2.45, 2.75) is 44.4 Å². The summed E-state index contributed by atoms with van der Waals surface area (Å²) in [7, 11) is 2.14. The molecule has 0 spiro atoms. The maximum Gasteiger partial charge on any atom is 0.416 e. The first-order valence-electron chi connectivity index (χ1n) is 12.8. The van der Waals surface area contributed by atoms with E-state index in [1.165, 1.54) is 24.5 Å². The minimum atomic E-state index is -4.41. The average molecular weight is 504 g/mol. The van der Waals surface area contributed by atoms with E-state index in [1.54, 1.807) is 6.07 Å². The van der Waals surface area contributed by atoms with E-state index in [-0.39, 0.29) is 30.1 Å². The number of hydrogen-bond acceptors (Lipinski definition) is 4. The first kappa shape index (κ1) is 26.5. The number of alkyl halides is 3. The lowest BCUT2D eigenvalue weighted by Gasteiger charge is -2.37. The first-order chi connectivity index (χ1) is 17.3. The van der Waals surface area contributed by atoms with E-state index < -0.39 is 11.7 Å². The highest BCUT2D eigenvalue weighted by atomic mass is 19.4. The van der Waals surface area contributed by atoms with Crippen LogP contribution in [0.25, 0.3) is 0 Å². The minimum Gasteiger partial charge on any atom is -0.493 e. The number of halogens is 3. The molecule has 2 fully saturated rings. The van der Waals surface area contributed by atoms with Gasteiger partial charge in [-0.25, -0.2) is 0 Å². The van der Waals surface area contributed by atoms with Crippen LogP contribution < -0.4 is 10.1 Å². The van der Waals surface area contributed by atoms with Crippen LogP contribution >= 0.6 is 0 Å². The van der Waals surface area contributed by atoms with Crippen LogP contribution in [-0.4, -0.2) is 61.6 Å². The molecule has 36 heavy (non-hydrogen) atoms. The Bertz CT molecular complexity index is 986. The number of ether oxygens (including phenoxy) is 1. The molecular formula is C28H36F3N3O2. The van der Waals surface area contributed by atoms with E-state index in [0.717, 1.165) is 38.2 Å². The fourth-order valence-corrected chi connectivity index (χ4v) is 5.41. The molecule has 0 aliphatic carbocycles. The molecule has 0 saturated carbocycles. The maximum atomic E-state index is 13.1. The smallest absolute Gasteiger partial charge is 0.416 e. The van der Waals surface area contributed by atoms with Gasteiger partial charge in [-0.3, -0.25) is 9.69 Å². The Morgan fingerprint density at radius 1 is 1.11 bits per heavy atom. The summed E-state index contributed by atoms with van der Waals surface area (Å²) in [5, 5.41) is 3.14. The fourth-order valence-electron chi connectivity index (χ4n) is 5.41. The molecule has 1 N–H and O–H groups in total.